The van der Waals surface area contributed by atoms with Gasteiger partial charge in [-0.25, -0.2) is 0 Å². The van der Waals surface area contributed by atoms with Crippen LogP contribution in [0, 0.1) is 0 Å². The first-order valence-corrected chi connectivity index (χ1v) is 8.10. The molecule has 23 heavy (non-hydrogen) atoms. The molecule has 2 aromatic rings. The zero-order chi connectivity index (χ0) is 16.7. The molecule has 0 bridgehead atoms. The zero-order valence-electron chi connectivity index (χ0n) is 13.8. The molecule has 1 atom stereocenters. The van der Waals surface area contributed by atoms with Crippen molar-refractivity contribution in [1.29, 1.82) is 0 Å². The molecule has 3 heteroatoms. The number of hydrogen-bond acceptors (Lipinski definition) is 2. The number of para-hydroxylation sites is 1. The summed E-state index contributed by atoms with van der Waals surface area (Å²) in [6, 6.07) is 15.9. The number of benzene rings is 2. The van der Waals surface area contributed by atoms with Gasteiger partial charge in [0.25, 0.3) is 0 Å². The quantitative estimate of drug-likeness (QED) is 0.630. The van der Waals surface area contributed by atoms with Crippen LogP contribution < -0.4 is 4.74 Å². The molecule has 2 nitrogen and oxygen atoms in total. The molecule has 2 aromatic carbocycles. The van der Waals surface area contributed by atoms with Crippen LogP contribution >= 0.6 is 11.6 Å². The standard InChI is InChI=1S/C20H22ClNO/c1-4-16(13-22-3)18-10-6-8-12-20(18)23-14-15(2)17-9-5-7-11-19(17)21/h4-13,15H,14H2,1-3H3/b16-4+,22-13?. The highest BCUT2D eigenvalue weighted by molar-refractivity contribution is 6.31. The van der Waals surface area contributed by atoms with E-state index in [2.05, 4.69) is 11.9 Å². The molecule has 120 valence electrons. The zero-order valence-corrected chi connectivity index (χ0v) is 14.5. The molecule has 2 rings (SSSR count). The van der Waals surface area contributed by atoms with Gasteiger partial charge in [-0.3, -0.25) is 4.99 Å². The van der Waals surface area contributed by atoms with E-state index in [4.69, 9.17) is 16.3 Å². The van der Waals surface area contributed by atoms with Gasteiger partial charge in [-0.05, 0) is 30.2 Å². The first-order chi connectivity index (χ1) is 11.2. The topological polar surface area (TPSA) is 21.6 Å². The second-order valence-electron chi connectivity index (χ2n) is 5.36. The third-order valence-corrected chi connectivity index (χ3v) is 4.05. The lowest BCUT2D eigenvalue weighted by molar-refractivity contribution is 0.295. The van der Waals surface area contributed by atoms with Crippen LogP contribution in [-0.4, -0.2) is 19.9 Å². The molecule has 0 aromatic heterocycles. The van der Waals surface area contributed by atoms with Gasteiger partial charge in [0.15, 0.2) is 0 Å². The van der Waals surface area contributed by atoms with E-state index in [0.717, 1.165) is 27.5 Å². The summed E-state index contributed by atoms with van der Waals surface area (Å²) in [6.07, 6.45) is 3.88. The Morgan fingerprint density at radius 3 is 2.57 bits per heavy atom. The predicted molar refractivity (Wildman–Crippen MR) is 99.9 cm³/mol. The van der Waals surface area contributed by atoms with Crippen molar-refractivity contribution in [2.24, 2.45) is 4.99 Å². The van der Waals surface area contributed by atoms with Crippen molar-refractivity contribution >= 4 is 23.4 Å². The van der Waals surface area contributed by atoms with Crippen LogP contribution in [0.3, 0.4) is 0 Å². The molecular weight excluding hydrogens is 306 g/mol. The summed E-state index contributed by atoms with van der Waals surface area (Å²) in [6.45, 7) is 4.69. The molecule has 0 spiro atoms. The SMILES string of the molecule is C/C=C(\C=NC)c1ccccc1OCC(C)c1ccccc1Cl. The maximum atomic E-state index is 6.26. The van der Waals surface area contributed by atoms with Gasteiger partial charge in [-0.15, -0.1) is 0 Å². The fourth-order valence-electron chi connectivity index (χ4n) is 2.45. The molecule has 0 aliphatic rings. The third-order valence-electron chi connectivity index (χ3n) is 3.70. The summed E-state index contributed by atoms with van der Waals surface area (Å²) in [7, 11) is 1.77. The molecule has 1 unspecified atom stereocenters. The lowest BCUT2D eigenvalue weighted by atomic mass is 10.0. The van der Waals surface area contributed by atoms with Crippen molar-refractivity contribution in [3.63, 3.8) is 0 Å². The molecule has 0 aliphatic carbocycles. The summed E-state index contributed by atoms with van der Waals surface area (Å²) in [5, 5.41) is 0.782. The average Bonchev–Trinajstić information content (AvgIpc) is 2.58. The fraction of sp³-hybridized carbons (Fsp3) is 0.250. The second kappa shape index (κ2) is 8.54. The van der Waals surface area contributed by atoms with E-state index in [1.165, 1.54) is 0 Å². The molecule has 0 saturated carbocycles. The highest BCUT2D eigenvalue weighted by Gasteiger charge is 2.12. The van der Waals surface area contributed by atoms with Gasteiger partial charge in [0.2, 0.25) is 0 Å². The van der Waals surface area contributed by atoms with Crippen LogP contribution in [0.25, 0.3) is 5.57 Å². The van der Waals surface area contributed by atoms with Crippen LogP contribution in [0.2, 0.25) is 5.02 Å². The molecular formula is C20H22ClNO. The molecule has 0 fully saturated rings. The predicted octanol–water partition coefficient (Wildman–Crippen LogP) is 5.63. The van der Waals surface area contributed by atoms with Gasteiger partial charge in [-0.2, -0.15) is 0 Å². The molecule has 0 amide bonds. The Kier molecular flexibility index (Phi) is 6.42. The van der Waals surface area contributed by atoms with E-state index in [0.29, 0.717) is 6.61 Å². The van der Waals surface area contributed by atoms with Gasteiger partial charge >= 0.3 is 0 Å². The van der Waals surface area contributed by atoms with Gasteiger partial charge in [-0.1, -0.05) is 61.0 Å². The fourth-order valence-corrected chi connectivity index (χ4v) is 2.77. The number of allylic oxidation sites excluding steroid dienone is 2. The Labute approximate surface area is 143 Å². The number of ether oxygens (including phenoxy) is 1. The Morgan fingerprint density at radius 2 is 1.87 bits per heavy atom. The molecule has 0 saturated heterocycles. The van der Waals surface area contributed by atoms with Crippen molar-refractivity contribution in [2.45, 2.75) is 19.8 Å². The number of aliphatic imine (C=N–C) groups is 1. The largest absolute Gasteiger partial charge is 0.492 e. The lowest BCUT2D eigenvalue weighted by Crippen LogP contribution is -2.08. The maximum absolute atomic E-state index is 6.26. The summed E-state index contributed by atoms with van der Waals surface area (Å²) in [4.78, 5) is 4.11. The number of nitrogens with zero attached hydrogens (tertiary/aromatic N) is 1. The minimum atomic E-state index is 0.214. The average molecular weight is 328 g/mol. The van der Waals surface area contributed by atoms with Crippen LogP contribution in [0.4, 0.5) is 0 Å². The Hall–Kier alpha value is -2.06. The van der Waals surface area contributed by atoms with Gasteiger partial charge < -0.3 is 4.74 Å². The van der Waals surface area contributed by atoms with Gasteiger partial charge in [0, 0.05) is 29.8 Å². The molecule has 0 aliphatic heterocycles. The number of rotatable bonds is 6. The van der Waals surface area contributed by atoms with E-state index in [1.54, 1.807) is 7.05 Å². The Bertz CT molecular complexity index is 706. The van der Waals surface area contributed by atoms with Crippen molar-refractivity contribution in [3.05, 3.63) is 70.8 Å². The minimum absolute atomic E-state index is 0.214. The normalized spacial score (nSPS) is 13.3. The van der Waals surface area contributed by atoms with Crippen LogP contribution in [0.5, 0.6) is 5.75 Å². The highest BCUT2D eigenvalue weighted by atomic mass is 35.5. The summed E-state index contributed by atoms with van der Waals surface area (Å²) in [5.41, 5.74) is 3.20. The summed E-state index contributed by atoms with van der Waals surface area (Å²) >= 11 is 6.26. The summed E-state index contributed by atoms with van der Waals surface area (Å²) in [5.74, 6) is 1.07. The summed E-state index contributed by atoms with van der Waals surface area (Å²) < 4.78 is 6.08. The van der Waals surface area contributed by atoms with Crippen molar-refractivity contribution in [3.8, 4) is 5.75 Å². The highest BCUT2D eigenvalue weighted by Crippen LogP contribution is 2.28. The van der Waals surface area contributed by atoms with Crippen molar-refractivity contribution in [1.82, 2.24) is 0 Å². The third kappa shape index (κ3) is 4.46. The van der Waals surface area contributed by atoms with E-state index in [9.17, 15) is 0 Å². The molecule has 0 N–H and O–H groups in total. The molecule has 0 radical (unpaired) electrons. The van der Waals surface area contributed by atoms with Crippen LogP contribution in [0.1, 0.15) is 30.9 Å². The first kappa shape index (κ1) is 17.3. The van der Waals surface area contributed by atoms with E-state index in [1.807, 2.05) is 67.7 Å². The first-order valence-electron chi connectivity index (χ1n) is 7.72. The van der Waals surface area contributed by atoms with E-state index in [-0.39, 0.29) is 5.92 Å². The van der Waals surface area contributed by atoms with E-state index < -0.39 is 0 Å². The monoisotopic (exact) mass is 327 g/mol. The maximum Gasteiger partial charge on any atom is 0.127 e. The minimum Gasteiger partial charge on any atom is -0.492 e. The number of hydrogen-bond donors (Lipinski definition) is 0. The molecule has 0 heterocycles. The second-order valence-corrected chi connectivity index (χ2v) is 5.77. The van der Waals surface area contributed by atoms with Gasteiger partial charge in [0.05, 0.1) is 6.61 Å². The van der Waals surface area contributed by atoms with Crippen LogP contribution in [0.15, 0.2) is 59.6 Å². The van der Waals surface area contributed by atoms with Crippen molar-refractivity contribution in [2.75, 3.05) is 13.7 Å². The Morgan fingerprint density at radius 1 is 1.17 bits per heavy atom. The Balaban J connectivity index is 2.17. The van der Waals surface area contributed by atoms with E-state index >= 15 is 0 Å². The van der Waals surface area contributed by atoms with Crippen molar-refractivity contribution < 1.29 is 4.74 Å². The van der Waals surface area contributed by atoms with Gasteiger partial charge in [0.1, 0.15) is 5.75 Å². The van der Waals surface area contributed by atoms with Crippen LogP contribution in [-0.2, 0) is 0 Å². The number of halogens is 1. The lowest BCUT2D eigenvalue weighted by Gasteiger charge is -2.17. The smallest absolute Gasteiger partial charge is 0.127 e.